The number of hydrogen-bond acceptors (Lipinski definition) is 12. The Hall–Kier alpha value is -7.72. The van der Waals surface area contributed by atoms with Crippen LogP contribution in [-0.4, -0.2) is 142 Å². The van der Waals surface area contributed by atoms with E-state index in [1.54, 1.807) is 60.7 Å². The van der Waals surface area contributed by atoms with Crippen LogP contribution in [0.15, 0.2) is 91.0 Å². The van der Waals surface area contributed by atoms with Crippen LogP contribution in [0, 0.1) is 5.92 Å². The molecule has 1 heterocycles. The monoisotopic (exact) mass is 1010 g/mol. The summed E-state index contributed by atoms with van der Waals surface area (Å²) < 4.78 is 0. The molecule has 73 heavy (non-hydrogen) atoms. The highest BCUT2D eigenvalue weighted by atomic mass is 16.4. The van der Waals surface area contributed by atoms with Gasteiger partial charge in [0.25, 0.3) is 0 Å². The van der Waals surface area contributed by atoms with Gasteiger partial charge in [0.2, 0.25) is 53.2 Å². The van der Waals surface area contributed by atoms with Crippen molar-refractivity contribution >= 4 is 59.1 Å². The van der Waals surface area contributed by atoms with Gasteiger partial charge in [0.15, 0.2) is 0 Å². The lowest BCUT2D eigenvalue weighted by molar-refractivity contribution is -0.143. The Morgan fingerprint density at radius 1 is 0.616 bits per heavy atom. The molecule has 9 amide bonds. The quantitative estimate of drug-likeness (QED) is 0.0394. The summed E-state index contributed by atoms with van der Waals surface area (Å²) in [5.41, 5.74) is 13.7. The number of aliphatic carboxylic acids is 1. The van der Waals surface area contributed by atoms with Crippen LogP contribution in [0.25, 0.3) is 0 Å². The van der Waals surface area contributed by atoms with Crippen molar-refractivity contribution in [2.24, 2.45) is 17.4 Å². The van der Waals surface area contributed by atoms with Crippen molar-refractivity contribution in [2.45, 2.75) is 120 Å². The third-order valence-electron chi connectivity index (χ3n) is 11.9. The fourth-order valence-corrected chi connectivity index (χ4v) is 8.05. The molecular weight excluding hydrogens is 945 g/mol. The molecule has 1 saturated heterocycles. The van der Waals surface area contributed by atoms with Gasteiger partial charge >= 0.3 is 5.97 Å². The number of nitrogens with zero attached hydrogens (tertiary/aromatic N) is 1. The first-order valence-corrected chi connectivity index (χ1v) is 24.1. The highest BCUT2D eigenvalue weighted by Gasteiger charge is 2.39. The predicted molar refractivity (Wildman–Crippen MR) is 266 cm³/mol. The van der Waals surface area contributed by atoms with Crippen molar-refractivity contribution in [1.82, 2.24) is 42.1 Å². The van der Waals surface area contributed by atoms with Gasteiger partial charge < -0.3 is 63.8 Å². The van der Waals surface area contributed by atoms with E-state index in [2.05, 4.69) is 37.2 Å². The number of carbonyl (C=O) groups is 10. The minimum atomic E-state index is -1.66. The molecular formula is C51H68N10O12. The molecule has 13 N–H and O–H groups in total. The molecule has 1 aliphatic heterocycles. The van der Waals surface area contributed by atoms with E-state index >= 15 is 0 Å². The lowest BCUT2D eigenvalue weighted by Gasteiger charge is -2.30. The summed E-state index contributed by atoms with van der Waals surface area (Å²) in [4.78, 5) is 134. The van der Waals surface area contributed by atoms with E-state index in [0.29, 0.717) is 17.5 Å². The molecule has 4 rings (SSSR count). The average Bonchev–Trinajstić information content (AvgIpc) is 3.86. The molecule has 0 saturated carbocycles. The maximum absolute atomic E-state index is 14.0. The van der Waals surface area contributed by atoms with Crippen LogP contribution in [-0.2, 0) is 67.2 Å². The molecule has 0 aromatic heterocycles. The van der Waals surface area contributed by atoms with Crippen molar-refractivity contribution in [3.8, 4) is 0 Å². The zero-order chi connectivity index (χ0) is 53.6. The molecule has 0 unspecified atom stereocenters. The number of primary amides is 1. The van der Waals surface area contributed by atoms with E-state index in [0.717, 1.165) is 5.56 Å². The van der Waals surface area contributed by atoms with Crippen molar-refractivity contribution < 1.29 is 58.2 Å². The number of amides is 9. The van der Waals surface area contributed by atoms with Crippen molar-refractivity contribution in [2.75, 3.05) is 19.7 Å². The molecule has 1 aliphatic rings. The maximum Gasteiger partial charge on any atom is 0.328 e. The van der Waals surface area contributed by atoms with Gasteiger partial charge in [0.1, 0.15) is 42.3 Å². The normalized spacial score (nSPS) is 16.0. The van der Waals surface area contributed by atoms with Crippen LogP contribution in [0.2, 0.25) is 0 Å². The third-order valence-corrected chi connectivity index (χ3v) is 11.9. The van der Waals surface area contributed by atoms with Gasteiger partial charge in [-0.3, -0.25) is 43.2 Å². The smallest absolute Gasteiger partial charge is 0.328 e. The number of carboxylic acid groups (broad SMARTS) is 1. The number of likely N-dealkylation sites (tertiary alicyclic amines) is 1. The van der Waals surface area contributed by atoms with Crippen LogP contribution in [0.4, 0.5) is 0 Å². The lowest BCUT2D eigenvalue weighted by Crippen LogP contribution is -2.59. The topological polar surface area (TPSA) is 351 Å². The summed E-state index contributed by atoms with van der Waals surface area (Å²) in [5, 5.41) is 36.5. The van der Waals surface area contributed by atoms with E-state index in [1.165, 1.54) is 11.8 Å². The largest absolute Gasteiger partial charge is 0.480 e. The molecule has 0 spiro atoms. The SMILES string of the molecule is CC(C)C[C@H](NC(=O)[C@@H](N)Cc1ccccc1)C(=O)N1CCC[C@H]1C(=O)NCC(=O)N[C@@H](CCC(N)=O)C(=O)N[C@@H](Cc1ccccc1)C(=O)N[C@@H](C)C(=O)N[C@@H](Cc1ccccc1)C(=O)N[C@@H](CO)C(=O)O. The zero-order valence-corrected chi connectivity index (χ0v) is 41.2. The molecule has 0 bridgehead atoms. The summed E-state index contributed by atoms with van der Waals surface area (Å²) in [6.45, 7) is 3.73. The Balaban J connectivity index is 1.43. The van der Waals surface area contributed by atoms with Gasteiger partial charge in [-0.15, -0.1) is 0 Å². The highest BCUT2D eigenvalue weighted by molar-refractivity contribution is 5.98. The zero-order valence-electron chi connectivity index (χ0n) is 41.2. The van der Waals surface area contributed by atoms with Crippen molar-refractivity contribution in [3.05, 3.63) is 108 Å². The molecule has 0 aliphatic carbocycles. The Bertz CT molecular complexity index is 2380. The summed E-state index contributed by atoms with van der Waals surface area (Å²) in [6.07, 6.45) is 0.366. The second kappa shape index (κ2) is 29.0. The molecule has 3 aromatic rings. The van der Waals surface area contributed by atoms with Gasteiger partial charge in [-0.2, -0.15) is 0 Å². The Morgan fingerprint density at radius 3 is 1.60 bits per heavy atom. The summed E-state index contributed by atoms with van der Waals surface area (Å²) in [5.74, 6) is -8.39. The predicted octanol–water partition coefficient (Wildman–Crippen LogP) is -1.53. The molecule has 22 heteroatoms. The minimum Gasteiger partial charge on any atom is -0.480 e. The van der Waals surface area contributed by atoms with Crippen LogP contribution >= 0.6 is 0 Å². The number of carboxylic acids is 1. The molecule has 0 radical (unpaired) electrons. The van der Waals surface area contributed by atoms with Crippen LogP contribution in [0.5, 0.6) is 0 Å². The second-order valence-electron chi connectivity index (χ2n) is 18.3. The van der Waals surface area contributed by atoms with E-state index in [4.69, 9.17) is 11.5 Å². The fraction of sp³-hybridized carbons (Fsp3) is 0.451. The molecule has 22 nitrogen and oxygen atoms in total. The standard InChI is InChI=1S/C51H68N10O12/c1-30(2)24-39(59-45(66)35(52)25-32-14-7-4-8-15-32)50(71)61-23-13-20-41(61)49(70)54-28-43(64)56-36(21-22-42(53)63)46(67)58-37(26-33-16-9-5-10-17-33)47(68)55-31(3)44(65)57-38(27-34-18-11-6-12-19-34)48(69)60-40(29-62)51(72)73/h4-12,14-19,30-31,35-41,62H,13,20-29,52H2,1-3H3,(H2,53,63)(H,54,70)(H,55,68)(H,56,64)(H,57,65)(H,58,67)(H,59,66)(H,60,69)(H,72,73)/t31-,35-,36-,37-,38-,39-,40-,41-/m0/s1. The first kappa shape index (κ1) is 57.9. The van der Waals surface area contributed by atoms with Gasteiger partial charge in [-0.1, -0.05) is 105 Å². The van der Waals surface area contributed by atoms with Gasteiger partial charge in [-0.05, 0) is 61.6 Å². The van der Waals surface area contributed by atoms with Crippen molar-refractivity contribution in [3.63, 3.8) is 0 Å². The number of aliphatic hydroxyl groups is 1. The summed E-state index contributed by atoms with van der Waals surface area (Å²) in [6, 6.07) is 16.0. The van der Waals surface area contributed by atoms with Crippen LogP contribution in [0.1, 0.15) is 69.6 Å². The number of hydrogen-bond donors (Lipinski definition) is 11. The maximum atomic E-state index is 14.0. The summed E-state index contributed by atoms with van der Waals surface area (Å²) >= 11 is 0. The first-order valence-electron chi connectivity index (χ1n) is 24.1. The number of nitrogens with two attached hydrogens (primary N) is 2. The third kappa shape index (κ3) is 19.1. The Labute approximate surface area is 423 Å². The molecule has 394 valence electrons. The number of nitrogens with one attached hydrogen (secondary N) is 7. The van der Waals surface area contributed by atoms with Crippen LogP contribution < -0.4 is 48.7 Å². The summed E-state index contributed by atoms with van der Waals surface area (Å²) in [7, 11) is 0. The minimum absolute atomic E-state index is 0.0165. The fourth-order valence-electron chi connectivity index (χ4n) is 8.05. The van der Waals surface area contributed by atoms with Gasteiger partial charge in [-0.25, -0.2) is 4.79 Å². The Kier molecular flexibility index (Phi) is 23.0. The number of carbonyl (C=O) groups excluding carboxylic acids is 9. The highest BCUT2D eigenvalue weighted by Crippen LogP contribution is 2.21. The van der Waals surface area contributed by atoms with E-state index in [-0.39, 0.29) is 57.4 Å². The number of benzene rings is 3. The Morgan fingerprint density at radius 2 is 1.10 bits per heavy atom. The molecule has 3 aromatic carbocycles. The van der Waals surface area contributed by atoms with Crippen LogP contribution in [0.3, 0.4) is 0 Å². The van der Waals surface area contributed by atoms with Crippen molar-refractivity contribution in [1.29, 1.82) is 0 Å². The lowest BCUT2D eigenvalue weighted by atomic mass is 10.0. The van der Waals surface area contributed by atoms with Gasteiger partial charge in [0, 0.05) is 25.8 Å². The van der Waals surface area contributed by atoms with E-state index in [9.17, 15) is 58.2 Å². The van der Waals surface area contributed by atoms with E-state index in [1.807, 2.05) is 44.2 Å². The number of rotatable bonds is 28. The first-order chi connectivity index (χ1) is 34.8. The molecule has 1 fully saturated rings. The van der Waals surface area contributed by atoms with E-state index < -0.39 is 121 Å². The number of aliphatic hydroxyl groups excluding tert-OH is 1. The van der Waals surface area contributed by atoms with Gasteiger partial charge in [0.05, 0.1) is 19.2 Å². The molecule has 8 atom stereocenters. The average molecular weight is 1010 g/mol. The second-order valence-corrected chi connectivity index (χ2v) is 18.3.